The second-order valence-electron chi connectivity index (χ2n) is 8.96. The molecule has 0 spiro atoms. The molecule has 0 fully saturated rings. The Morgan fingerprint density at radius 3 is 2.56 bits per heavy atom. The number of carbonyl (C=O) groups excluding carboxylic acids is 2. The molecule has 0 aliphatic carbocycles. The van der Waals surface area contributed by atoms with Gasteiger partial charge >= 0.3 is 0 Å². The van der Waals surface area contributed by atoms with E-state index >= 15 is 0 Å². The number of hydrogen-bond donors (Lipinski definition) is 2. The fourth-order valence-corrected chi connectivity index (χ4v) is 4.67. The first-order chi connectivity index (χ1) is 17.5. The van der Waals surface area contributed by atoms with Crippen molar-refractivity contribution >= 4 is 28.3 Å². The Kier molecular flexibility index (Phi) is 8.53. The van der Waals surface area contributed by atoms with Gasteiger partial charge in [-0.2, -0.15) is 0 Å². The van der Waals surface area contributed by atoms with Gasteiger partial charge < -0.3 is 14.8 Å². The quantitative estimate of drug-likeness (QED) is 0.334. The summed E-state index contributed by atoms with van der Waals surface area (Å²) in [6.07, 6.45) is 5.24. The van der Waals surface area contributed by atoms with Gasteiger partial charge in [-0.25, -0.2) is 0 Å². The standard InChI is InChI=1S/C27H32N4O4S/c1-4-6-7-8-18-9-11-19(12-10-18)24(32)28-23(17(3)5-2)25(33)29-27-31-30-26(36-27)20-13-14-21-22(15-20)35-16-34-21/h9-15,17,23H,4-8,16H2,1-3H3,(H,28,32)(H,29,31,33)/t17-,23-/m0/s1. The minimum atomic E-state index is -0.704. The van der Waals surface area contributed by atoms with Crippen molar-refractivity contribution in [3.05, 3.63) is 53.6 Å². The highest BCUT2D eigenvalue weighted by Crippen LogP contribution is 2.37. The number of benzene rings is 2. The normalized spacial score (nSPS) is 13.8. The van der Waals surface area contributed by atoms with Gasteiger partial charge in [-0.05, 0) is 54.7 Å². The molecule has 2 heterocycles. The number of nitrogens with one attached hydrogen (secondary N) is 2. The summed E-state index contributed by atoms with van der Waals surface area (Å²) in [6.45, 7) is 6.31. The molecule has 36 heavy (non-hydrogen) atoms. The SMILES string of the molecule is CCCCCc1ccc(C(=O)N[C@H](C(=O)Nc2nnc(-c3ccc4c(c3)OCO4)s2)[C@@H](C)CC)cc1. The number of aryl methyl sites for hydroxylation is 1. The molecule has 0 bridgehead atoms. The van der Waals surface area contributed by atoms with Crippen LogP contribution in [0, 0.1) is 5.92 Å². The van der Waals surface area contributed by atoms with Crippen LogP contribution in [0.3, 0.4) is 0 Å². The molecule has 1 aliphatic heterocycles. The molecule has 2 N–H and O–H groups in total. The number of ether oxygens (including phenoxy) is 2. The van der Waals surface area contributed by atoms with E-state index in [0.717, 1.165) is 24.8 Å². The summed E-state index contributed by atoms with van der Waals surface area (Å²) in [5, 5.41) is 15.1. The number of amides is 2. The predicted octanol–water partition coefficient (Wildman–Crippen LogP) is 5.45. The fourth-order valence-electron chi connectivity index (χ4n) is 3.93. The number of unbranched alkanes of at least 4 members (excludes halogenated alkanes) is 2. The van der Waals surface area contributed by atoms with E-state index in [2.05, 4.69) is 27.8 Å². The Hall–Kier alpha value is -3.46. The van der Waals surface area contributed by atoms with Crippen molar-refractivity contribution < 1.29 is 19.1 Å². The molecule has 2 amide bonds. The van der Waals surface area contributed by atoms with Crippen LogP contribution in [0.15, 0.2) is 42.5 Å². The monoisotopic (exact) mass is 508 g/mol. The van der Waals surface area contributed by atoms with Gasteiger partial charge in [0.2, 0.25) is 17.8 Å². The lowest BCUT2D eigenvalue weighted by Crippen LogP contribution is -2.47. The van der Waals surface area contributed by atoms with Gasteiger partial charge in [-0.3, -0.25) is 14.9 Å². The Bertz CT molecular complexity index is 1190. The summed E-state index contributed by atoms with van der Waals surface area (Å²) in [4.78, 5) is 26.1. The maximum absolute atomic E-state index is 13.2. The Morgan fingerprint density at radius 2 is 1.81 bits per heavy atom. The average Bonchev–Trinajstić information content (AvgIpc) is 3.56. The van der Waals surface area contributed by atoms with Crippen LogP contribution in [0.5, 0.6) is 11.5 Å². The van der Waals surface area contributed by atoms with Crippen molar-refractivity contribution in [2.75, 3.05) is 12.1 Å². The molecule has 4 rings (SSSR count). The van der Waals surface area contributed by atoms with Gasteiger partial charge in [0, 0.05) is 11.1 Å². The third kappa shape index (κ3) is 6.20. The van der Waals surface area contributed by atoms with Crippen LogP contribution in [0.2, 0.25) is 0 Å². The van der Waals surface area contributed by atoms with E-state index in [4.69, 9.17) is 9.47 Å². The molecule has 9 heteroatoms. The van der Waals surface area contributed by atoms with Crippen molar-refractivity contribution in [1.29, 1.82) is 0 Å². The van der Waals surface area contributed by atoms with Crippen LogP contribution < -0.4 is 20.1 Å². The molecule has 190 valence electrons. The molecule has 0 radical (unpaired) electrons. The Morgan fingerprint density at radius 1 is 1.03 bits per heavy atom. The van der Waals surface area contributed by atoms with Gasteiger partial charge in [0.1, 0.15) is 11.0 Å². The predicted molar refractivity (Wildman–Crippen MR) is 140 cm³/mol. The third-order valence-corrected chi connectivity index (χ3v) is 7.23. The number of fused-ring (bicyclic) bond motifs is 1. The van der Waals surface area contributed by atoms with Crippen molar-refractivity contribution in [3.8, 4) is 22.1 Å². The molecule has 2 aromatic carbocycles. The summed E-state index contributed by atoms with van der Waals surface area (Å²) in [6, 6.07) is 12.5. The lowest BCUT2D eigenvalue weighted by molar-refractivity contribution is -0.119. The zero-order valence-corrected chi connectivity index (χ0v) is 21.7. The highest BCUT2D eigenvalue weighted by molar-refractivity contribution is 7.18. The summed E-state index contributed by atoms with van der Waals surface area (Å²) in [5.41, 5.74) is 2.57. The van der Waals surface area contributed by atoms with Gasteiger partial charge in [0.25, 0.3) is 5.91 Å². The van der Waals surface area contributed by atoms with Crippen LogP contribution in [-0.2, 0) is 11.2 Å². The van der Waals surface area contributed by atoms with Crippen molar-refractivity contribution in [2.45, 2.75) is 58.9 Å². The van der Waals surface area contributed by atoms with E-state index in [1.807, 2.05) is 56.3 Å². The minimum Gasteiger partial charge on any atom is -0.454 e. The smallest absolute Gasteiger partial charge is 0.251 e. The maximum atomic E-state index is 13.2. The molecule has 0 saturated heterocycles. The van der Waals surface area contributed by atoms with Crippen LogP contribution in [-0.4, -0.2) is 34.8 Å². The third-order valence-electron chi connectivity index (χ3n) is 6.34. The van der Waals surface area contributed by atoms with Gasteiger partial charge in [-0.15, -0.1) is 10.2 Å². The number of anilines is 1. The van der Waals surface area contributed by atoms with Crippen LogP contribution in [0.1, 0.15) is 62.4 Å². The van der Waals surface area contributed by atoms with Crippen molar-refractivity contribution in [3.63, 3.8) is 0 Å². The zero-order valence-electron chi connectivity index (χ0n) is 20.9. The van der Waals surface area contributed by atoms with Gasteiger partial charge in [-0.1, -0.05) is 63.5 Å². The average molecular weight is 509 g/mol. The molecular formula is C27H32N4O4S. The number of rotatable bonds is 11. The van der Waals surface area contributed by atoms with E-state index < -0.39 is 6.04 Å². The van der Waals surface area contributed by atoms with E-state index in [0.29, 0.717) is 27.2 Å². The second kappa shape index (κ2) is 12.0. The summed E-state index contributed by atoms with van der Waals surface area (Å²) in [5.74, 6) is 0.691. The molecule has 0 saturated carbocycles. The Labute approximate surface area is 215 Å². The molecule has 8 nitrogen and oxygen atoms in total. The fraction of sp³-hybridized carbons (Fsp3) is 0.407. The summed E-state index contributed by atoms with van der Waals surface area (Å²) < 4.78 is 10.8. The number of carbonyl (C=O) groups is 2. The summed E-state index contributed by atoms with van der Waals surface area (Å²) in [7, 11) is 0. The minimum absolute atomic E-state index is 0.0662. The zero-order chi connectivity index (χ0) is 25.5. The molecular weight excluding hydrogens is 476 g/mol. The molecule has 1 aliphatic rings. The molecule has 2 atom stereocenters. The van der Waals surface area contributed by atoms with Gasteiger partial charge in [0.15, 0.2) is 11.5 Å². The highest BCUT2D eigenvalue weighted by atomic mass is 32.1. The molecule has 0 unspecified atom stereocenters. The van der Waals surface area contributed by atoms with E-state index in [-0.39, 0.29) is 24.5 Å². The van der Waals surface area contributed by atoms with E-state index in [1.54, 1.807) is 0 Å². The van der Waals surface area contributed by atoms with E-state index in [9.17, 15) is 9.59 Å². The molecule has 3 aromatic rings. The van der Waals surface area contributed by atoms with Crippen LogP contribution in [0.4, 0.5) is 5.13 Å². The second-order valence-corrected chi connectivity index (χ2v) is 9.94. The van der Waals surface area contributed by atoms with E-state index in [1.165, 1.54) is 29.7 Å². The Balaban J connectivity index is 1.40. The lowest BCUT2D eigenvalue weighted by atomic mass is 9.97. The van der Waals surface area contributed by atoms with Crippen LogP contribution >= 0.6 is 11.3 Å². The number of hydrogen-bond acceptors (Lipinski definition) is 7. The topological polar surface area (TPSA) is 102 Å². The van der Waals surface area contributed by atoms with Crippen molar-refractivity contribution in [2.24, 2.45) is 5.92 Å². The van der Waals surface area contributed by atoms with Crippen molar-refractivity contribution in [1.82, 2.24) is 15.5 Å². The first-order valence-electron chi connectivity index (χ1n) is 12.4. The first-order valence-corrected chi connectivity index (χ1v) is 13.2. The maximum Gasteiger partial charge on any atom is 0.251 e. The van der Waals surface area contributed by atoms with Crippen LogP contribution in [0.25, 0.3) is 10.6 Å². The first kappa shape index (κ1) is 25.6. The van der Waals surface area contributed by atoms with Gasteiger partial charge in [0.05, 0.1) is 0 Å². The summed E-state index contributed by atoms with van der Waals surface area (Å²) >= 11 is 1.26. The highest BCUT2D eigenvalue weighted by Gasteiger charge is 2.27. The molecule has 1 aromatic heterocycles. The lowest BCUT2D eigenvalue weighted by Gasteiger charge is -2.23. The number of nitrogens with zero attached hydrogens (tertiary/aromatic N) is 2. The number of aromatic nitrogens is 2. The largest absolute Gasteiger partial charge is 0.454 e.